The second-order valence-corrected chi connectivity index (χ2v) is 16.8. The molecule has 18 heteroatoms. The van der Waals surface area contributed by atoms with E-state index >= 15 is 0 Å². The summed E-state index contributed by atoms with van der Waals surface area (Å²) in [5.74, 6) is 6.96. The number of halogens is 2. The molecule has 5 aromatic rings. The molecule has 61 heavy (non-hydrogen) atoms. The lowest BCUT2D eigenvalue weighted by atomic mass is 9.79. The third-order valence-electron chi connectivity index (χ3n) is 12.7. The predicted molar refractivity (Wildman–Crippen MR) is 219 cm³/mol. The van der Waals surface area contributed by atoms with E-state index in [4.69, 9.17) is 14.5 Å². The number of likely N-dealkylation sites (tertiary alicyclic amines) is 1. The number of fused-ring (bicyclic) bond motifs is 4. The Kier molecular flexibility index (Phi) is 10.3. The SMILES string of the molecule is C[C@H]1CN(CC2CC(n3cc(NC(=O)c4cnn5ccc(N6C[C@H]7C[C@@H]6CO7)nc45)c(C(F)F)n3)C2)CC[C@@H]1OCC#Cc1cccc2c(N3CCC(=O)NC3=O)cncc12. The average Bonchev–Trinajstić information content (AvgIpc) is 4.06. The number of urea groups is 1. The second-order valence-electron chi connectivity index (χ2n) is 16.8. The van der Waals surface area contributed by atoms with Gasteiger partial charge in [0.1, 0.15) is 18.0 Å². The topological polar surface area (TPSA) is 164 Å². The number of piperidine rings is 1. The van der Waals surface area contributed by atoms with Crippen LogP contribution in [0.5, 0.6) is 0 Å². The van der Waals surface area contributed by atoms with Crippen LogP contribution in [0.3, 0.4) is 0 Å². The number of imide groups is 1. The van der Waals surface area contributed by atoms with E-state index < -0.39 is 24.1 Å². The molecule has 4 atom stereocenters. The number of amides is 4. The molecule has 1 aliphatic carbocycles. The van der Waals surface area contributed by atoms with E-state index in [1.54, 1.807) is 23.3 Å². The number of benzene rings is 1. The standard InChI is InChI=1S/C43H45F2N11O5/c1-25-20-52(10-7-36(25)60-13-3-5-27-4-2-6-31-32(27)17-46-19-35(31)53-11-9-38(57)50-43(53)59)21-26-14-28(15-26)56-23-34(39(51-56)40(44)45)48-42(58)33-18-47-55-12-8-37(49-41(33)55)54-22-30-16-29(54)24-61-30/h2,4,6,8,12,17-19,23,25-26,28-30,36,40H,7,9-11,13-16,20-22,24H2,1H3,(H,48,58)(H,50,57,59)/t25-,26?,28?,29+,30+,36-/m0/s1. The Morgan fingerprint density at radius 3 is 2.75 bits per heavy atom. The monoisotopic (exact) mass is 833 g/mol. The largest absolute Gasteiger partial charge is 0.374 e. The lowest BCUT2D eigenvalue weighted by Gasteiger charge is -2.42. The van der Waals surface area contributed by atoms with Gasteiger partial charge in [-0.25, -0.2) is 23.1 Å². The normalized spacial score (nSPS) is 25.2. The summed E-state index contributed by atoms with van der Waals surface area (Å²) >= 11 is 0. The molecule has 1 saturated carbocycles. The molecule has 5 aliphatic rings. The number of alkyl halides is 2. The fraction of sp³-hybridized carbons (Fsp3) is 0.465. The number of rotatable bonds is 10. The van der Waals surface area contributed by atoms with E-state index in [2.05, 4.69) is 54.4 Å². The maximum atomic E-state index is 14.2. The predicted octanol–water partition coefficient (Wildman–Crippen LogP) is 4.82. The summed E-state index contributed by atoms with van der Waals surface area (Å²) in [5.41, 5.74) is 1.48. The first kappa shape index (κ1) is 39.1. The van der Waals surface area contributed by atoms with Crippen molar-refractivity contribution in [1.82, 2.24) is 39.6 Å². The quantitative estimate of drug-likeness (QED) is 0.186. The van der Waals surface area contributed by atoms with Gasteiger partial charge in [-0.05, 0) is 49.7 Å². The zero-order chi connectivity index (χ0) is 41.8. The second kappa shape index (κ2) is 16.1. The van der Waals surface area contributed by atoms with Crippen LogP contribution >= 0.6 is 0 Å². The van der Waals surface area contributed by atoms with E-state index in [1.807, 2.05) is 24.3 Å². The molecule has 4 amide bonds. The first-order chi connectivity index (χ1) is 29.6. The van der Waals surface area contributed by atoms with Crippen LogP contribution in [0.4, 0.5) is 30.8 Å². The van der Waals surface area contributed by atoms with Crippen molar-refractivity contribution >= 4 is 51.5 Å². The summed E-state index contributed by atoms with van der Waals surface area (Å²) in [6, 6.07) is 7.34. The molecule has 316 valence electrons. The van der Waals surface area contributed by atoms with Crippen LogP contribution < -0.4 is 20.4 Å². The third kappa shape index (κ3) is 7.66. The molecule has 8 heterocycles. The Morgan fingerprint density at radius 1 is 1.08 bits per heavy atom. The van der Waals surface area contributed by atoms with Crippen molar-refractivity contribution in [2.45, 2.75) is 69.7 Å². The molecule has 4 saturated heterocycles. The first-order valence-corrected chi connectivity index (χ1v) is 20.9. The van der Waals surface area contributed by atoms with Crippen molar-refractivity contribution < 1.29 is 32.6 Å². The number of aromatic nitrogens is 6. The smallest absolute Gasteiger partial charge is 0.328 e. The number of hydrogen-bond acceptors (Lipinski definition) is 11. The third-order valence-corrected chi connectivity index (χ3v) is 12.7. The number of carbonyl (C=O) groups is 3. The van der Waals surface area contributed by atoms with Crippen LogP contribution in [0, 0.1) is 23.7 Å². The van der Waals surface area contributed by atoms with Gasteiger partial charge in [-0.15, -0.1) is 0 Å². The molecule has 0 radical (unpaired) electrons. The van der Waals surface area contributed by atoms with Gasteiger partial charge in [0.05, 0.1) is 54.7 Å². The molecule has 2 bridgehead atoms. The van der Waals surface area contributed by atoms with Crippen LogP contribution in [0.25, 0.3) is 16.4 Å². The summed E-state index contributed by atoms with van der Waals surface area (Å²) in [6.07, 6.45) is 9.08. The minimum absolute atomic E-state index is 0.0141. The van der Waals surface area contributed by atoms with Crippen LogP contribution in [0.1, 0.15) is 73.1 Å². The number of ether oxygens (including phenoxy) is 2. The van der Waals surface area contributed by atoms with Crippen LogP contribution in [0.15, 0.2) is 55.2 Å². The van der Waals surface area contributed by atoms with Gasteiger partial charge in [0, 0.05) is 74.1 Å². The molecule has 0 spiro atoms. The summed E-state index contributed by atoms with van der Waals surface area (Å²) < 4.78 is 43.5. The minimum atomic E-state index is -2.86. The fourth-order valence-corrected chi connectivity index (χ4v) is 9.53. The number of anilines is 3. The van der Waals surface area contributed by atoms with Gasteiger partial charge in [0.15, 0.2) is 11.3 Å². The molecular formula is C43H45F2N11O5. The Hall–Kier alpha value is -6.03. The highest BCUT2D eigenvalue weighted by atomic mass is 19.3. The first-order valence-electron chi connectivity index (χ1n) is 20.9. The summed E-state index contributed by atoms with van der Waals surface area (Å²) in [7, 11) is 0. The number of hydrogen-bond donors (Lipinski definition) is 2. The Balaban J connectivity index is 0.711. The van der Waals surface area contributed by atoms with Crippen LogP contribution in [-0.4, -0.2) is 116 Å². The summed E-state index contributed by atoms with van der Waals surface area (Å²) in [6.45, 7) is 6.81. The van der Waals surface area contributed by atoms with Crippen LogP contribution in [-0.2, 0) is 14.3 Å². The van der Waals surface area contributed by atoms with Gasteiger partial charge < -0.3 is 24.6 Å². The van der Waals surface area contributed by atoms with Crippen molar-refractivity contribution in [2.24, 2.45) is 11.8 Å². The molecule has 10 rings (SSSR count). The number of nitrogens with one attached hydrogen (secondary N) is 2. The number of carbonyl (C=O) groups excluding carboxylic acids is 3. The van der Waals surface area contributed by atoms with Gasteiger partial charge in [-0.1, -0.05) is 30.9 Å². The lowest BCUT2D eigenvalue weighted by Crippen LogP contribution is -2.49. The maximum Gasteiger partial charge on any atom is 0.328 e. The number of morpholine rings is 1. The van der Waals surface area contributed by atoms with E-state index in [0.29, 0.717) is 29.8 Å². The van der Waals surface area contributed by atoms with Gasteiger partial charge in [-0.2, -0.15) is 10.2 Å². The Labute approximate surface area is 349 Å². The van der Waals surface area contributed by atoms with Gasteiger partial charge in [0.2, 0.25) is 5.91 Å². The molecular weight excluding hydrogens is 789 g/mol. The fourth-order valence-electron chi connectivity index (χ4n) is 9.53. The van der Waals surface area contributed by atoms with E-state index in [0.717, 1.165) is 74.0 Å². The van der Waals surface area contributed by atoms with Gasteiger partial charge in [0.25, 0.3) is 12.3 Å². The highest BCUT2D eigenvalue weighted by molar-refractivity contribution is 6.10. The van der Waals surface area contributed by atoms with E-state index in [-0.39, 0.29) is 61.0 Å². The average molecular weight is 834 g/mol. The molecule has 5 fully saturated rings. The lowest BCUT2D eigenvalue weighted by molar-refractivity contribution is -0.120. The number of pyridine rings is 1. The molecule has 16 nitrogen and oxygen atoms in total. The molecule has 4 aliphatic heterocycles. The van der Waals surface area contributed by atoms with Gasteiger partial charge in [-0.3, -0.25) is 29.5 Å². The van der Waals surface area contributed by atoms with E-state index in [1.165, 1.54) is 21.8 Å². The summed E-state index contributed by atoms with van der Waals surface area (Å²) in [4.78, 5) is 52.9. The Bertz CT molecular complexity index is 2580. The Morgan fingerprint density at radius 2 is 1.97 bits per heavy atom. The molecule has 0 unspecified atom stereocenters. The van der Waals surface area contributed by atoms with Crippen LogP contribution in [0.2, 0.25) is 0 Å². The maximum absolute atomic E-state index is 14.2. The highest BCUT2D eigenvalue weighted by Crippen LogP contribution is 2.41. The van der Waals surface area contributed by atoms with Crippen molar-refractivity contribution in [3.8, 4) is 11.8 Å². The molecule has 4 aromatic heterocycles. The van der Waals surface area contributed by atoms with Crippen molar-refractivity contribution in [3.63, 3.8) is 0 Å². The molecule has 1 aromatic carbocycles. The summed E-state index contributed by atoms with van der Waals surface area (Å²) in [5, 5.41) is 15.2. The number of nitrogens with zero attached hydrogens (tertiary/aromatic N) is 9. The highest BCUT2D eigenvalue weighted by Gasteiger charge is 2.40. The van der Waals surface area contributed by atoms with E-state index in [9.17, 15) is 23.2 Å². The van der Waals surface area contributed by atoms with Crippen molar-refractivity contribution in [2.75, 3.05) is 61.1 Å². The zero-order valence-corrected chi connectivity index (χ0v) is 33.5. The zero-order valence-electron chi connectivity index (χ0n) is 33.5. The van der Waals surface area contributed by atoms with Crippen molar-refractivity contribution in [3.05, 3.63) is 72.1 Å². The molecule has 2 N–H and O–H groups in total. The van der Waals surface area contributed by atoms with Crippen molar-refractivity contribution in [1.29, 1.82) is 0 Å². The van der Waals surface area contributed by atoms with Gasteiger partial charge >= 0.3 is 6.03 Å². The minimum Gasteiger partial charge on any atom is -0.374 e.